The van der Waals surface area contributed by atoms with Crippen LogP contribution in [0.2, 0.25) is 0 Å². The Labute approximate surface area is 215 Å². The zero-order valence-corrected chi connectivity index (χ0v) is 20.8. The zero-order chi connectivity index (χ0) is 24.7. The lowest BCUT2D eigenvalue weighted by atomic mass is 9.90. The van der Waals surface area contributed by atoms with E-state index in [0.717, 1.165) is 23.9 Å². The summed E-state index contributed by atoms with van der Waals surface area (Å²) in [4.78, 5) is 0. The van der Waals surface area contributed by atoms with E-state index in [1.54, 1.807) is 0 Å². The number of para-hydroxylation sites is 1. The molecule has 1 aliphatic carbocycles. The number of nitrogen functional groups attached to an aromatic ring is 1. The number of nitrogens with two attached hydrogens (primary N) is 1. The molecule has 7 aromatic rings. The fourth-order valence-electron chi connectivity index (χ4n) is 6.78. The van der Waals surface area contributed by atoms with Crippen molar-refractivity contribution >= 4 is 48.9 Å². The molecule has 0 bridgehead atoms. The Kier molecular flexibility index (Phi) is 4.16. The van der Waals surface area contributed by atoms with Crippen LogP contribution in [0, 0.1) is 0 Å². The molecule has 2 nitrogen and oxygen atoms in total. The summed E-state index contributed by atoms with van der Waals surface area (Å²) in [7, 11) is 0. The molecule has 2 N–H and O–H groups in total. The fourth-order valence-corrected chi connectivity index (χ4v) is 6.78. The molecule has 1 heterocycles. The van der Waals surface area contributed by atoms with Crippen molar-refractivity contribution in [2.24, 2.45) is 0 Å². The van der Waals surface area contributed by atoms with Crippen molar-refractivity contribution in [3.8, 4) is 27.9 Å². The van der Waals surface area contributed by atoms with Crippen LogP contribution in [0.3, 0.4) is 0 Å². The molecule has 0 saturated carbocycles. The Bertz CT molecular complexity index is 1990. The van der Waals surface area contributed by atoms with Gasteiger partial charge in [0, 0.05) is 16.5 Å². The van der Waals surface area contributed by atoms with Gasteiger partial charge in [-0.1, -0.05) is 104 Å². The van der Waals surface area contributed by atoms with E-state index < -0.39 is 0 Å². The lowest BCUT2D eigenvalue weighted by Crippen LogP contribution is -2.03. The van der Waals surface area contributed by atoms with Gasteiger partial charge in [0.05, 0.1) is 16.9 Å². The third-order valence-electron chi connectivity index (χ3n) is 8.23. The van der Waals surface area contributed by atoms with Crippen LogP contribution in [0.25, 0.3) is 71.2 Å². The molecule has 37 heavy (non-hydrogen) atoms. The molecule has 2 heteroatoms. The summed E-state index contributed by atoms with van der Waals surface area (Å²) in [5, 5.41) is 9.03. The van der Waals surface area contributed by atoms with E-state index in [1.165, 1.54) is 71.5 Å². The highest BCUT2D eigenvalue weighted by molar-refractivity contribution is 6.30. The van der Waals surface area contributed by atoms with Gasteiger partial charge in [0.1, 0.15) is 0 Å². The molecule has 1 aliphatic rings. The van der Waals surface area contributed by atoms with E-state index in [0.29, 0.717) is 0 Å². The Balaban J connectivity index is 1.53. The van der Waals surface area contributed by atoms with Crippen LogP contribution >= 0.6 is 0 Å². The first-order chi connectivity index (χ1) is 18.3. The molecular formula is C35H26N2. The van der Waals surface area contributed by atoms with E-state index in [4.69, 9.17) is 5.73 Å². The van der Waals surface area contributed by atoms with E-state index >= 15 is 0 Å². The second kappa shape index (κ2) is 7.47. The Morgan fingerprint density at radius 3 is 1.81 bits per heavy atom. The molecule has 0 aliphatic heterocycles. The average molecular weight is 475 g/mol. The maximum absolute atomic E-state index is 6.75. The van der Waals surface area contributed by atoms with E-state index in [9.17, 15) is 0 Å². The highest BCUT2D eigenvalue weighted by Gasteiger charge is 2.28. The minimum Gasteiger partial charge on any atom is -0.397 e. The first-order valence-corrected chi connectivity index (χ1v) is 13.2. The maximum atomic E-state index is 6.75. The molecule has 176 valence electrons. The molecule has 8 rings (SSSR count). The van der Waals surface area contributed by atoms with Gasteiger partial charge in [-0.25, -0.2) is 0 Å². The van der Waals surface area contributed by atoms with Gasteiger partial charge in [0.15, 0.2) is 0 Å². The quantitative estimate of drug-likeness (QED) is 0.254. The number of hydrogen-bond donors (Lipinski definition) is 1. The van der Waals surface area contributed by atoms with Gasteiger partial charge in [-0.2, -0.15) is 0 Å². The van der Waals surface area contributed by atoms with Gasteiger partial charge < -0.3 is 10.3 Å². The number of anilines is 1. The summed E-state index contributed by atoms with van der Waals surface area (Å²) in [6, 6.07) is 37.7. The van der Waals surface area contributed by atoms with Crippen molar-refractivity contribution in [2.45, 2.75) is 19.8 Å². The summed E-state index contributed by atoms with van der Waals surface area (Å²) in [6.07, 6.45) is 1.99. The number of aromatic nitrogens is 1. The van der Waals surface area contributed by atoms with Crippen molar-refractivity contribution in [1.82, 2.24) is 4.57 Å². The normalized spacial score (nSPS) is 12.2. The Morgan fingerprint density at radius 2 is 1.14 bits per heavy atom. The number of benzene rings is 6. The van der Waals surface area contributed by atoms with Crippen molar-refractivity contribution in [2.75, 3.05) is 5.73 Å². The predicted octanol–water partition coefficient (Wildman–Crippen LogP) is 9.27. The van der Waals surface area contributed by atoms with Crippen LogP contribution < -0.4 is 5.73 Å². The monoisotopic (exact) mass is 474 g/mol. The predicted molar refractivity (Wildman–Crippen MR) is 159 cm³/mol. The highest BCUT2D eigenvalue weighted by Crippen LogP contribution is 2.54. The van der Waals surface area contributed by atoms with Gasteiger partial charge in [-0.3, -0.25) is 0 Å². The zero-order valence-electron chi connectivity index (χ0n) is 20.8. The Hall–Kier alpha value is -4.56. The van der Waals surface area contributed by atoms with Gasteiger partial charge in [0.25, 0.3) is 0 Å². The van der Waals surface area contributed by atoms with Crippen molar-refractivity contribution in [1.29, 1.82) is 0 Å². The van der Waals surface area contributed by atoms with Gasteiger partial charge in [-0.15, -0.1) is 0 Å². The molecule has 0 amide bonds. The molecule has 0 unspecified atom stereocenters. The molecule has 0 fully saturated rings. The molecule has 0 spiro atoms. The lowest BCUT2D eigenvalue weighted by molar-refractivity contribution is 0.859. The van der Waals surface area contributed by atoms with Crippen LogP contribution in [0.5, 0.6) is 0 Å². The molecule has 1 aromatic heterocycles. The summed E-state index contributed by atoms with van der Waals surface area (Å²) in [5.41, 5.74) is 16.6. The first-order valence-electron chi connectivity index (χ1n) is 13.2. The molecule has 0 saturated heterocycles. The maximum Gasteiger partial charge on any atom is 0.0611 e. The van der Waals surface area contributed by atoms with Gasteiger partial charge >= 0.3 is 0 Å². The third-order valence-corrected chi connectivity index (χ3v) is 8.23. The number of rotatable bonds is 3. The second-order valence-electron chi connectivity index (χ2n) is 10.2. The van der Waals surface area contributed by atoms with Gasteiger partial charge in [0.2, 0.25) is 0 Å². The molecule has 6 aromatic carbocycles. The second-order valence-corrected chi connectivity index (χ2v) is 10.2. The summed E-state index contributed by atoms with van der Waals surface area (Å²) >= 11 is 0. The highest BCUT2D eigenvalue weighted by atomic mass is 15.0. The summed E-state index contributed by atoms with van der Waals surface area (Å²) in [6.45, 7) is 2.22. The third kappa shape index (κ3) is 2.60. The lowest BCUT2D eigenvalue weighted by Gasteiger charge is -2.15. The minimum atomic E-state index is 0.904. The topological polar surface area (TPSA) is 30.9 Å². The summed E-state index contributed by atoms with van der Waals surface area (Å²) < 4.78 is 2.41. The average Bonchev–Trinajstić information content (AvgIpc) is 3.43. The summed E-state index contributed by atoms with van der Waals surface area (Å²) in [5.74, 6) is 0. The standard InChI is InChI=1S/C35H26N2/c1-2-10-31-35(36)26-15-7-8-18-29(26)37(31)30-20-19-28-32-25(30)16-9-17-27(32)33-23-13-5-3-11-21(23)22-12-4-6-14-24(22)34(28)33/h3-9,11-20H,2,10,36H2,1H3. The number of hydrogen-bond acceptors (Lipinski definition) is 1. The van der Waals surface area contributed by atoms with Crippen LogP contribution in [-0.4, -0.2) is 4.57 Å². The van der Waals surface area contributed by atoms with E-state index in [-0.39, 0.29) is 0 Å². The SMILES string of the molecule is CCCc1c(N)c2ccccc2n1-c1ccc2c3c(cccc13)-c1c-2c2ccccc2c2ccccc12. The fraction of sp³-hybridized carbons (Fsp3) is 0.0857. The smallest absolute Gasteiger partial charge is 0.0611 e. The Morgan fingerprint density at radius 1 is 0.568 bits per heavy atom. The first kappa shape index (κ1) is 20.6. The van der Waals surface area contributed by atoms with Crippen LogP contribution in [0.1, 0.15) is 19.0 Å². The minimum absolute atomic E-state index is 0.904. The number of fused-ring (bicyclic) bond motifs is 9. The van der Waals surface area contributed by atoms with Crippen molar-refractivity contribution in [3.63, 3.8) is 0 Å². The van der Waals surface area contributed by atoms with Gasteiger partial charge in [-0.05, 0) is 67.7 Å². The van der Waals surface area contributed by atoms with E-state index in [1.807, 2.05) is 0 Å². The van der Waals surface area contributed by atoms with Crippen molar-refractivity contribution in [3.05, 3.63) is 109 Å². The van der Waals surface area contributed by atoms with Crippen LogP contribution in [0.4, 0.5) is 5.69 Å². The molecule has 0 radical (unpaired) electrons. The van der Waals surface area contributed by atoms with Crippen LogP contribution in [-0.2, 0) is 6.42 Å². The van der Waals surface area contributed by atoms with Crippen LogP contribution in [0.15, 0.2) is 103 Å². The largest absolute Gasteiger partial charge is 0.397 e. The van der Waals surface area contributed by atoms with Crippen molar-refractivity contribution < 1.29 is 0 Å². The molecule has 0 atom stereocenters. The van der Waals surface area contributed by atoms with E-state index in [2.05, 4.69) is 115 Å². The molecular weight excluding hydrogens is 448 g/mol. The number of nitrogens with zero attached hydrogens (tertiary/aromatic N) is 1.